The largest absolute Gasteiger partial charge is 0.486 e. The first-order chi connectivity index (χ1) is 15.0. The molecule has 0 saturated heterocycles. The van der Waals surface area contributed by atoms with Gasteiger partial charge in [0.1, 0.15) is 23.9 Å². The van der Waals surface area contributed by atoms with E-state index < -0.39 is 11.9 Å². The number of carbonyl (C=O) groups excluding carboxylic acids is 2. The Kier molecular flexibility index (Phi) is 6.32. The molecule has 2 heterocycles. The Hall–Kier alpha value is -2.80. The van der Waals surface area contributed by atoms with Crippen molar-refractivity contribution in [2.45, 2.75) is 45.6 Å². The summed E-state index contributed by atoms with van der Waals surface area (Å²) in [5.41, 5.74) is 2.59. The lowest BCUT2D eigenvalue weighted by Crippen LogP contribution is -2.34. The van der Waals surface area contributed by atoms with Gasteiger partial charge in [-0.1, -0.05) is 22.0 Å². The molecule has 2 aliphatic rings. The summed E-state index contributed by atoms with van der Waals surface area (Å²) in [5, 5.41) is 3.26. The zero-order valence-corrected chi connectivity index (χ0v) is 19.1. The van der Waals surface area contributed by atoms with Crippen molar-refractivity contribution >= 4 is 27.7 Å². The predicted octanol–water partition coefficient (Wildman–Crippen LogP) is 5.15. The van der Waals surface area contributed by atoms with Gasteiger partial charge in [-0.15, -0.1) is 0 Å². The molecule has 0 saturated carbocycles. The van der Waals surface area contributed by atoms with Crippen molar-refractivity contribution in [2.24, 2.45) is 0 Å². The molecule has 7 heteroatoms. The summed E-state index contributed by atoms with van der Waals surface area (Å²) in [5.74, 6) is 0.883. The third-order valence-electron chi connectivity index (χ3n) is 5.42. The van der Waals surface area contributed by atoms with Crippen LogP contribution in [-0.2, 0) is 20.9 Å². The number of dihydropyridines is 1. The maximum absolute atomic E-state index is 12.9. The van der Waals surface area contributed by atoms with E-state index in [2.05, 4.69) is 21.2 Å². The van der Waals surface area contributed by atoms with Crippen LogP contribution >= 0.6 is 15.9 Å². The number of esters is 1. The van der Waals surface area contributed by atoms with E-state index in [1.807, 2.05) is 43.3 Å². The number of ether oxygens (including phenoxy) is 2. The van der Waals surface area contributed by atoms with E-state index in [4.69, 9.17) is 13.9 Å². The number of hydrogen-bond donors (Lipinski definition) is 1. The number of allylic oxidation sites excluding steroid dienone is 3. The van der Waals surface area contributed by atoms with Gasteiger partial charge in [0.2, 0.25) is 0 Å². The van der Waals surface area contributed by atoms with Gasteiger partial charge in [-0.25, -0.2) is 4.79 Å². The molecule has 2 aromatic rings. The van der Waals surface area contributed by atoms with Crippen molar-refractivity contribution in [3.05, 3.63) is 74.9 Å². The van der Waals surface area contributed by atoms with Gasteiger partial charge in [-0.05, 0) is 57.0 Å². The second kappa shape index (κ2) is 9.14. The Bertz CT molecular complexity index is 1080. The molecule has 0 bridgehead atoms. The van der Waals surface area contributed by atoms with Crippen LogP contribution in [0.3, 0.4) is 0 Å². The van der Waals surface area contributed by atoms with Gasteiger partial charge in [0.25, 0.3) is 0 Å². The van der Waals surface area contributed by atoms with Gasteiger partial charge >= 0.3 is 5.97 Å². The smallest absolute Gasteiger partial charge is 0.336 e. The number of Topliss-reactive ketones (excluding diaryl/α,β-unsaturated/α-hetero) is 1. The Morgan fingerprint density at radius 3 is 2.87 bits per heavy atom. The zero-order chi connectivity index (χ0) is 22.0. The van der Waals surface area contributed by atoms with Crippen LogP contribution in [0.4, 0.5) is 0 Å². The molecule has 0 amide bonds. The van der Waals surface area contributed by atoms with Crippen LogP contribution < -0.4 is 10.1 Å². The molecule has 1 aromatic heterocycles. The Morgan fingerprint density at radius 2 is 2.10 bits per heavy atom. The number of halogens is 1. The van der Waals surface area contributed by atoms with Gasteiger partial charge in [-0.3, -0.25) is 4.79 Å². The molecule has 162 valence electrons. The van der Waals surface area contributed by atoms with E-state index in [0.717, 1.165) is 23.0 Å². The van der Waals surface area contributed by atoms with Gasteiger partial charge in [0, 0.05) is 27.9 Å². The minimum absolute atomic E-state index is 0.0383. The van der Waals surface area contributed by atoms with Crippen molar-refractivity contribution in [3.8, 4) is 5.75 Å². The molecule has 1 atom stereocenters. The first-order valence-electron chi connectivity index (χ1n) is 10.4. The van der Waals surface area contributed by atoms with Crippen LogP contribution in [0.15, 0.2) is 67.8 Å². The highest BCUT2D eigenvalue weighted by Gasteiger charge is 2.40. The predicted molar refractivity (Wildman–Crippen MR) is 118 cm³/mol. The minimum atomic E-state index is -0.581. The van der Waals surface area contributed by atoms with Crippen molar-refractivity contribution in [3.63, 3.8) is 0 Å². The van der Waals surface area contributed by atoms with Crippen LogP contribution in [0.1, 0.15) is 50.5 Å². The summed E-state index contributed by atoms with van der Waals surface area (Å²) in [6, 6.07) is 11.2. The standard InChI is InChI=1S/C24H24BrNO5/c1-3-29-24(28)21-14(2)26-18-8-5-9-19(27)22(18)23(21)20-11-10-17(31-20)13-30-16-7-4-6-15(25)12-16/h4,6-7,10-12,23,26H,3,5,8-9,13H2,1-2H3/t23-/m0/s1. The average Bonchev–Trinajstić information content (AvgIpc) is 3.20. The molecule has 6 nitrogen and oxygen atoms in total. The van der Waals surface area contributed by atoms with Crippen LogP contribution in [-0.4, -0.2) is 18.4 Å². The molecule has 1 aromatic carbocycles. The minimum Gasteiger partial charge on any atom is -0.486 e. The molecule has 4 rings (SSSR count). The summed E-state index contributed by atoms with van der Waals surface area (Å²) < 4.78 is 18.1. The normalized spacial score (nSPS) is 18.5. The fourth-order valence-corrected chi connectivity index (χ4v) is 4.46. The molecular formula is C24H24BrNO5. The van der Waals surface area contributed by atoms with E-state index in [9.17, 15) is 9.59 Å². The molecule has 0 fully saturated rings. The molecule has 31 heavy (non-hydrogen) atoms. The van der Waals surface area contributed by atoms with E-state index in [-0.39, 0.29) is 19.0 Å². The highest BCUT2D eigenvalue weighted by Crippen LogP contribution is 2.43. The second-order valence-corrected chi connectivity index (χ2v) is 8.45. The Morgan fingerprint density at radius 1 is 1.26 bits per heavy atom. The van der Waals surface area contributed by atoms with E-state index in [1.165, 1.54) is 0 Å². The number of furan rings is 1. The fraction of sp³-hybridized carbons (Fsp3) is 0.333. The van der Waals surface area contributed by atoms with Gasteiger partial charge in [0.05, 0.1) is 18.1 Å². The third kappa shape index (κ3) is 4.46. The molecule has 0 spiro atoms. The second-order valence-electron chi connectivity index (χ2n) is 7.54. The molecule has 0 unspecified atom stereocenters. The van der Waals surface area contributed by atoms with Crippen molar-refractivity contribution in [1.29, 1.82) is 0 Å². The third-order valence-corrected chi connectivity index (χ3v) is 5.91. The van der Waals surface area contributed by atoms with Gasteiger partial charge in [-0.2, -0.15) is 0 Å². The van der Waals surface area contributed by atoms with Crippen molar-refractivity contribution in [2.75, 3.05) is 6.61 Å². The summed E-state index contributed by atoms with van der Waals surface area (Å²) in [6.45, 7) is 4.09. The van der Waals surface area contributed by atoms with Crippen LogP contribution in [0, 0.1) is 0 Å². The lowest BCUT2D eigenvalue weighted by molar-refractivity contribution is -0.138. The highest BCUT2D eigenvalue weighted by molar-refractivity contribution is 9.10. The lowest BCUT2D eigenvalue weighted by atomic mass is 9.77. The quantitative estimate of drug-likeness (QED) is 0.569. The number of nitrogens with one attached hydrogen (secondary N) is 1. The number of rotatable bonds is 6. The number of ketones is 1. The number of hydrogen-bond acceptors (Lipinski definition) is 6. The van der Waals surface area contributed by atoms with Crippen LogP contribution in [0.25, 0.3) is 0 Å². The lowest BCUT2D eigenvalue weighted by Gasteiger charge is -2.32. The first-order valence-corrected chi connectivity index (χ1v) is 11.1. The van der Waals surface area contributed by atoms with Crippen molar-refractivity contribution in [1.82, 2.24) is 5.32 Å². The maximum atomic E-state index is 12.9. The van der Waals surface area contributed by atoms with Crippen LogP contribution in [0.2, 0.25) is 0 Å². The summed E-state index contributed by atoms with van der Waals surface area (Å²) in [4.78, 5) is 25.6. The summed E-state index contributed by atoms with van der Waals surface area (Å²) >= 11 is 3.43. The topological polar surface area (TPSA) is 77.8 Å². The first kappa shape index (κ1) is 21.4. The highest BCUT2D eigenvalue weighted by atomic mass is 79.9. The van der Waals surface area contributed by atoms with Crippen molar-refractivity contribution < 1.29 is 23.5 Å². The molecular weight excluding hydrogens is 462 g/mol. The Labute approximate surface area is 189 Å². The maximum Gasteiger partial charge on any atom is 0.336 e. The summed E-state index contributed by atoms with van der Waals surface area (Å²) in [7, 11) is 0. The van der Waals surface area contributed by atoms with Gasteiger partial charge < -0.3 is 19.2 Å². The van der Waals surface area contributed by atoms with E-state index in [0.29, 0.717) is 40.5 Å². The number of benzene rings is 1. The molecule has 1 aliphatic heterocycles. The SMILES string of the molecule is CCOC(=O)C1=C(C)NC2=C(C(=O)CCC2)[C@H]1c1ccc(COc2cccc(Br)c2)o1. The fourth-order valence-electron chi connectivity index (χ4n) is 4.09. The number of carbonyl (C=O) groups is 2. The monoisotopic (exact) mass is 485 g/mol. The van der Waals surface area contributed by atoms with Crippen LogP contribution in [0.5, 0.6) is 5.75 Å². The molecule has 1 N–H and O–H groups in total. The van der Waals surface area contributed by atoms with E-state index >= 15 is 0 Å². The average molecular weight is 486 g/mol. The zero-order valence-electron chi connectivity index (χ0n) is 17.5. The van der Waals surface area contributed by atoms with Gasteiger partial charge in [0.15, 0.2) is 5.78 Å². The molecule has 1 aliphatic carbocycles. The van der Waals surface area contributed by atoms with E-state index in [1.54, 1.807) is 6.92 Å². The summed E-state index contributed by atoms with van der Waals surface area (Å²) in [6.07, 6.45) is 2.03. The molecule has 0 radical (unpaired) electrons. The Balaban J connectivity index is 1.65.